The van der Waals surface area contributed by atoms with Crippen LogP contribution in [0.3, 0.4) is 0 Å². The average Bonchev–Trinajstić information content (AvgIpc) is 2.51. The lowest BCUT2D eigenvalue weighted by Gasteiger charge is -2.40. The van der Waals surface area contributed by atoms with Crippen molar-refractivity contribution in [2.45, 2.75) is 30.5 Å². The van der Waals surface area contributed by atoms with Gasteiger partial charge in [0.05, 0.1) is 6.61 Å². The fourth-order valence-corrected chi connectivity index (χ4v) is 2.45. The summed E-state index contributed by atoms with van der Waals surface area (Å²) in [6.45, 7) is -0.672. The molecule has 0 aromatic carbocycles. The zero-order valence-electron chi connectivity index (χ0n) is 11.9. The molecular formula is C12H18N2O8. The highest BCUT2D eigenvalue weighted by atomic mass is 16.5. The first kappa shape index (κ1) is 16.6. The summed E-state index contributed by atoms with van der Waals surface area (Å²) < 4.78 is 6.71. The van der Waals surface area contributed by atoms with Crippen LogP contribution in [0.4, 0.5) is 0 Å². The molecule has 5 N–H and O–H groups in total. The van der Waals surface area contributed by atoms with Gasteiger partial charge in [-0.3, -0.25) is 13.9 Å². The van der Waals surface area contributed by atoms with Gasteiger partial charge in [0, 0.05) is 14.1 Å². The van der Waals surface area contributed by atoms with Crippen LogP contribution in [0.5, 0.6) is 5.88 Å². The third-order valence-electron chi connectivity index (χ3n) is 3.84. The topological polar surface area (TPSA) is 154 Å². The molecule has 2 rings (SSSR count). The predicted octanol–water partition coefficient (Wildman–Crippen LogP) is -3.70. The molecule has 1 aliphatic rings. The second-order valence-corrected chi connectivity index (χ2v) is 5.19. The van der Waals surface area contributed by atoms with Gasteiger partial charge in [0.2, 0.25) is 5.88 Å². The molecule has 2 heterocycles. The minimum absolute atomic E-state index is 0.443. The van der Waals surface area contributed by atoms with Gasteiger partial charge in [0.15, 0.2) is 0 Å². The first-order valence-corrected chi connectivity index (χ1v) is 6.51. The number of hydrogen-bond acceptors (Lipinski definition) is 8. The number of hydrogen-bond donors (Lipinski definition) is 5. The summed E-state index contributed by atoms with van der Waals surface area (Å²) in [5.41, 5.74) is -2.14. The largest absolute Gasteiger partial charge is 0.494 e. The van der Waals surface area contributed by atoms with Crippen LogP contribution in [0, 0.1) is 0 Å². The summed E-state index contributed by atoms with van der Waals surface area (Å²) in [4.78, 5) is 23.9. The van der Waals surface area contributed by atoms with E-state index in [2.05, 4.69) is 0 Å². The van der Waals surface area contributed by atoms with Gasteiger partial charge in [-0.15, -0.1) is 0 Å². The molecule has 5 atom stereocenters. The Bertz CT molecular complexity index is 679. The first-order valence-electron chi connectivity index (χ1n) is 6.51. The number of nitrogens with zero attached hydrogens (tertiary/aromatic N) is 2. The maximum Gasteiger partial charge on any atom is 0.333 e. The summed E-state index contributed by atoms with van der Waals surface area (Å²) >= 11 is 0. The van der Waals surface area contributed by atoms with Gasteiger partial charge in [0.25, 0.3) is 5.56 Å². The monoisotopic (exact) mass is 318 g/mol. The van der Waals surface area contributed by atoms with Crippen molar-refractivity contribution in [3.63, 3.8) is 0 Å². The van der Waals surface area contributed by atoms with Crippen molar-refractivity contribution < 1.29 is 30.3 Å². The average molecular weight is 318 g/mol. The van der Waals surface area contributed by atoms with E-state index in [9.17, 15) is 30.0 Å². The smallest absolute Gasteiger partial charge is 0.333 e. The fraction of sp³-hybridized carbons (Fsp3) is 0.667. The number of aromatic nitrogens is 2. The van der Waals surface area contributed by atoms with Gasteiger partial charge in [-0.25, -0.2) is 4.79 Å². The van der Waals surface area contributed by atoms with Crippen LogP contribution in [-0.4, -0.2) is 65.7 Å². The highest BCUT2D eigenvalue weighted by Gasteiger charge is 2.46. The van der Waals surface area contributed by atoms with Gasteiger partial charge in [0.1, 0.15) is 36.1 Å². The van der Waals surface area contributed by atoms with Gasteiger partial charge >= 0.3 is 5.69 Å². The Morgan fingerprint density at radius 3 is 2.18 bits per heavy atom. The lowest BCUT2D eigenvalue weighted by atomic mass is 9.92. The minimum atomic E-state index is -1.73. The summed E-state index contributed by atoms with van der Waals surface area (Å²) in [6.07, 6.45) is -7.76. The molecule has 1 aromatic rings. The standard InChI is InChI=1S/C12H18N2O8/c1-13-10(19)5(11(20)14(2)12(13)21)9-8(18)7(17)6(16)4(3-15)22-9/h4,6-9,15-19H,3H2,1-2H3/t4-,6-,7+,8+,9?/m1/s1. The molecule has 0 amide bonds. The number of ether oxygens (including phenoxy) is 1. The van der Waals surface area contributed by atoms with E-state index in [0.717, 1.165) is 4.57 Å². The Morgan fingerprint density at radius 1 is 1.05 bits per heavy atom. The van der Waals surface area contributed by atoms with Crippen LogP contribution < -0.4 is 11.2 Å². The minimum Gasteiger partial charge on any atom is -0.494 e. The van der Waals surface area contributed by atoms with E-state index in [0.29, 0.717) is 4.57 Å². The summed E-state index contributed by atoms with van der Waals surface area (Å²) in [5.74, 6) is -0.725. The molecule has 0 radical (unpaired) electrons. The van der Waals surface area contributed by atoms with Gasteiger partial charge in [-0.05, 0) is 0 Å². The van der Waals surface area contributed by atoms with E-state index in [1.54, 1.807) is 0 Å². The van der Waals surface area contributed by atoms with Gasteiger partial charge in [-0.1, -0.05) is 0 Å². The zero-order chi connectivity index (χ0) is 16.8. The molecule has 22 heavy (non-hydrogen) atoms. The molecule has 0 bridgehead atoms. The maximum absolute atomic E-state index is 12.2. The molecule has 0 aliphatic carbocycles. The Labute approximate surface area is 124 Å². The van der Waals surface area contributed by atoms with Crippen LogP contribution in [-0.2, 0) is 18.8 Å². The summed E-state index contributed by atoms with van der Waals surface area (Å²) in [5, 5.41) is 48.6. The molecular weight excluding hydrogens is 300 g/mol. The molecule has 124 valence electrons. The van der Waals surface area contributed by atoms with Crippen molar-refractivity contribution in [2.24, 2.45) is 14.1 Å². The van der Waals surface area contributed by atoms with E-state index >= 15 is 0 Å². The van der Waals surface area contributed by atoms with Crippen molar-refractivity contribution in [3.05, 3.63) is 26.4 Å². The number of aliphatic hydroxyl groups excluding tert-OH is 4. The molecule has 10 nitrogen and oxygen atoms in total. The third kappa shape index (κ3) is 2.34. The molecule has 1 saturated heterocycles. The van der Waals surface area contributed by atoms with Crippen LogP contribution in [0.2, 0.25) is 0 Å². The van der Waals surface area contributed by atoms with Crippen molar-refractivity contribution in [3.8, 4) is 5.88 Å². The van der Waals surface area contributed by atoms with Gasteiger partial charge in [-0.2, -0.15) is 0 Å². The lowest BCUT2D eigenvalue weighted by Crippen LogP contribution is -2.56. The lowest BCUT2D eigenvalue weighted by molar-refractivity contribution is -0.232. The second kappa shape index (κ2) is 5.82. The molecule has 0 saturated carbocycles. The van der Waals surface area contributed by atoms with Crippen molar-refractivity contribution in [1.29, 1.82) is 0 Å². The Morgan fingerprint density at radius 2 is 1.64 bits per heavy atom. The highest BCUT2D eigenvalue weighted by molar-refractivity contribution is 5.27. The molecule has 1 aliphatic heterocycles. The van der Waals surface area contributed by atoms with E-state index in [1.165, 1.54) is 14.1 Å². The highest BCUT2D eigenvalue weighted by Crippen LogP contribution is 2.33. The number of rotatable bonds is 2. The quantitative estimate of drug-likeness (QED) is 0.373. The molecule has 0 spiro atoms. The SMILES string of the molecule is Cn1c(O)c(C2O[C@H](CO)[C@@H](O)[C@H](O)[C@@H]2O)c(=O)n(C)c1=O. The van der Waals surface area contributed by atoms with E-state index < -0.39 is 59.8 Å². The predicted molar refractivity (Wildman–Crippen MR) is 71.3 cm³/mol. The van der Waals surface area contributed by atoms with Crippen LogP contribution in [0.15, 0.2) is 9.59 Å². The summed E-state index contributed by atoms with van der Waals surface area (Å²) in [6, 6.07) is 0. The van der Waals surface area contributed by atoms with E-state index in [1.807, 2.05) is 0 Å². The zero-order valence-corrected chi connectivity index (χ0v) is 11.9. The van der Waals surface area contributed by atoms with Crippen LogP contribution in [0.25, 0.3) is 0 Å². The number of aromatic hydroxyl groups is 1. The Balaban J connectivity index is 2.61. The van der Waals surface area contributed by atoms with E-state index in [4.69, 9.17) is 9.84 Å². The molecule has 1 unspecified atom stereocenters. The normalized spacial score (nSPS) is 32.2. The van der Waals surface area contributed by atoms with Crippen LogP contribution in [0.1, 0.15) is 11.7 Å². The first-order chi connectivity index (χ1) is 10.2. The Kier molecular flexibility index (Phi) is 4.40. The second-order valence-electron chi connectivity index (χ2n) is 5.19. The van der Waals surface area contributed by atoms with Crippen molar-refractivity contribution in [1.82, 2.24) is 9.13 Å². The fourth-order valence-electron chi connectivity index (χ4n) is 2.45. The molecule has 10 heteroatoms. The molecule has 1 fully saturated rings. The van der Waals surface area contributed by atoms with Gasteiger partial charge < -0.3 is 30.3 Å². The van der Waals surface area contributed by atoms with E-state index in [-0.39, 0.29) is 0 Å². The van der Waals surface area contributed by atoms with Crippen molar-refractivity contribution in [2.75, 3.05) is 6.61 Å². The maximum atomic E-state index is 12.2. The third-order valence-corrected chi connectivity index (χ3v) is 3.84. The molecule has 1 aromatic heterocycles. The van der Waals surface area contributed by atoms with Crippen LogP contribution >= 0.6 is 0 Å². The van der Waals surface area contributed by atoms with Crippen molar-refractivity contribution >= 4 is 0 Å². The Hall–Kier alpha value is -1.72. The number of aliphatic hydroxyl groups is 4. The summed E-state index contributed by atoms with van der Waals surface area (Å²) in [7, 11) is 2.39.